The van der Waals surface area contributed by atoms with Crippen LogP contribution in [0, 0.1) is 19.7 Å². The highest BCUT2D eigenvalue weighted by Gasteiger charge is 2.34. The summed E-state index contributed by atoms with van der Waals surface area (Å²) in [5.74, 6) is 0.209. The minimum Gasteiger partial charge on any atom is -0.483 e. The Labute approximate surface area is 153 Å². The van der Waals surface area contributed by atoms with Gasteiger partial charge < -0.3 is 14.7 Å². The van der Waals surface area contributed by atoms with Crippen molar-refractivity contribution >= 4 is 5.91 Å². The molecule has 5 heteroatoms. The van der Waals surface area contributed by atoms with Crippen LogP contribution in [-0.2, 0) is 4.79 Å². The Bertz CT molecular complexity index is 771. The van der Waals surface area contributed by atoms with E-state index >= 15 is 0 Å². The normalized spacial score (nSPS) is 14.8. The molecular formula is C21H24FNO3. The molecular weight excluding hydrogens is 333 g/mol. The number of carbonyl (C=O) groups excluding carboxylic acids is 1. The van der Waals surface area contributed by atoms with E-state index in [0.29, 0.717) is 11.3 Å². The molecule has 0 heterocycles. The van der Waals surface area contributed by atoms with Crippen molar-refractivity contribution in [2.24, 2.45) is 0 Å². The van der Waals surface area contributed by atoms with E-state index in [1.807, 2.05) is 32.0 Å². The zero-order chi connectivity index (χ0) is 18.7. The van der Waals surface area contributed by atoms with Gasteiger partial charge in [-0.1, -0.05) is 24.3 Å². The van der Waals surface area contributed by atoms with Gasteiger partial charge in [-0.3, -0.25) is 4.79 Å². The summed E-state index contributed by atoms with van der Waals surface area (Å²) in [6, 6.07) is 11.7. The van der Waals surface area contributed by atoms with Crippen molar-refractivity contribution in [3.63, 3.8) is 0 Å². The van der Waals surface area contributed by atoms with E-state index in [1.54, 1.807) is 17.0 Å². The van der Waals surface area contributed by atoms with Gasteiger partial charge in [0.25, 0.3) is 5.91 Å². The lowest BCUT2D eigenvalue weighted by Crippen LogP contribution is -2.39. The lowest BCUT2D eigenvalue weighted by molar-refractivity contribution is -0.135. The summed E-state index contributed by atoms with van der Waals surface area (Å²) in [5.41, 5.74) is 2.65. The predicted octanol–water partition coefficient (Wildman–Crippen LogP) is 3.55. The minimum atomic E-state index is -0.846. The fourth-order valence-corrected chi connectivity index (χ4v) is 2.90. The van der Waals surface area contributed by atoms with Crippen LogP contribution in [-0.4, -0.2) is 35.1 Å². The Hall–Kier alpha value is -2.40. The fourth-order valence-electron chi connectivity index (χ4n) is 2.90. The van der Waals surface area contributed by atoms with Crippen LogP contribution in [0.4, 0.5) is 4.39 Å². The van der Waals surface area contributed by atoms with Crippen LogP contribution in [0.5, 0.6) is 5.75 Å². The summed E-state index contributed by atoms with van der Waals surface area (Å²) in [7, 11) is 0. The van der Waals surface area contributed by atoms with Crippen LogP contribution in [0.1, 0.15) is 35.6 Å². The minimum absolute atomic E-state index is 0.0586. The first kappa shape index (κ1) is 18.4. The van der Waals surface area contributed by atoms with Crippen molar-refractivity contribution in [2.75, 3.05) is 13.2 Å². The molecule has 1 atom stereocenters. The SMILES string of the molecule is Cc1ccc(C)c(OCC(=O)N(CC(O)c2ccc(F)cc2)C2CC2)c1. The van der Waals surface area contributed by atoms with Gasteiger partial charge in [0.1, 0.15) is 11.6 Å². The topological polar surface area (TPSA) is 49.8 Å². The van der Waals surface area contributed by atoms with Crippen LogP contribution in [0.2, 0.25) is 0 Å². The monoisotopic (exact) mass is 357 g/mol. The van der Waals surface area contributed by atoms with Gasteiger partial charge in [0, 0.05) is 6.04 Å². The third kappa shape index (κ3) is 4.61. The maximum Gasteiger partial charge on any atom is 0.260 e. The van der Waals surface area contributed by atoms with Gasteiger partial charge in [0.05, 0.1) is 12.6 Å². The second-order valence-corrected chi connectivity index (χ2v) is 6.90. The standard InChI is InChI=1S/C21H24FNO3/c1-14-3-4-15(2)20(11-14)26-13-21(25)23(18-9-10-18)12-19(24)16-5-7-17(22)8-6-16/h3-8,11,18-19,24H,9-10,12-13H2,1-2H3. The molecule has 1 aliphatic rings. The lowest BCUT2D eigenvalue weighted by atomic mass is 10.1. The number of ether oxygens (including phenoxy) is 1. The van der Waals surface area contributed by atoms with Gasteiger partial charge in [-0.15, -0.1) is 0 Å². The molecule has 1 N–H and O–H groups in total. The van der Waals surface area contributed by atoms with E-state index in [9.17, 15) is 14.3 Å². The van der Waals surface area contributed by atoms with E-state index in [2.05, 4.69) is 0 Å². The number of carbonyl (C=O) groups is 1. The smallest absolute Gasteiger partial charge is 0.260 e. The fraction of sp³-hybridized carbons (Fsp3) is 0.381. The first-order valence-corrected chi connectivity index (χ1v) is 8.87. The molecule has 1 fully saturated rings. The molecule has 1 unspecified atom stereocenters. The highest BCUT2D eigenvalue weighted by atomic mass is 19.1. The molecule has 0 saturated heterocycles. The number of hydrogen-bond acceptors (Lipinski definition) is 3. The van der Waals surface area contributed by atoms with E-state index in [1.165, 1.54) is 12.1 Å². The molecule has 138 valence electrons. The van der Waals surface area contributed by atoms with Crippen molar-refractivity contribution < 1.29 is 19.0 Å². The number of benzene rings is 2. The quantitative estimate of drug-likeness (QED) is 0.824. The summed E-state index contributed by atoms with van der Waals surface area (Å²) >= 11 is 0. The van der Waals surface area contributed by atoms with Gasteiger partial charge >= 0.3 is 0 Å². The first-order chi connectivity index (χ1) is 12.4. The van der Waals surface area contributed by atoms with Gasteiger partial charge in [0.2, 0.25) is 0 Å². The van der Waals surface area contributed by atoms with Crippen LogP contribution in [0.15, 0.2) is 42.5 Å². The Morgan fingerprint density at radius 3 is 2.58 bits per heavy atom. The van der Waals surface area contributed by atoms with Crippen LogP contribution >= 0.6 is 0 Å². The Morgan fingerprint density at radius 2 is 1.92 bits per heavy atom. The molecule has 0 spiro atoms. The van der Waals surface area contributed by atoms with Crippen molar-refractivity contribution in [1.29, 1.82) is 0 Å². The van der Waals surface area contributed by atoms with Gasteiger partial charge in [-0.2, -0.15) is 0 Å². The molecule has 26 heavy (non-hydrogen) atoms. The number of halogens is 1. The number of aliphatic hydroxyl groups excluding tert-OH is 1. The second-order valence-electron chi connectivity index (χ2n) is 6.90. The molecule has 0 aliphatic heterocycles. The van der Waals surface area contributed by atoms with Crippen LogP contribution < -0.4 is 4.74 Å². The lowest BCUT2D eigenvalue weighted by Gasteiger charge is -2.25. The largest absolute Gasteiger partial charge is 0.483 e. The third-order valence-electron chi connectivity index (χ3n) is 4.63. The summed E-state index contributed by atoms with van der Waals surface area (Å²) in [6.45, 7) is 4.04. The van der Waals surface area contributed by atoms with E-state index in [4.69, 9.17) is 4.74 Å². The zero-order valence-electron chi connectivity index (χ0n) is 15.1. The van der Waals surface area contributed by atoms with Crippen molar-refractivity contribution in [3.05, 3.63) is 65.0 Å². The van der Waals surface area contributed by atoms with Crippen molar-refractivity contribution in [1.82, 2.24) is 4.90 Å². The molecule has 2 aromatic rings. The maximum absolute atomic E-state index is 13.0. The van der Waals surface area contributed by atoms with Crippen molar-refractivity contribution in [2.45, 2.75) is 38.8 Å². The number of rotatable bonds is 7. The Morgan fingerprint density at radius 1 is 1.23 bits per heavy atom. The highest BCUT2D eigenvalue weighted by molar-refractivity contribution is 5.78. The maximum atomic E-state index is 13.0. The van der Waals surface area contributed by atoms with E-state index < -0.39 is 6.10 Å². The van der Waals surface area contributed by atoms with Crippen molar-refractivity contribution in [3.8, 4) is 5.75 Å². The third-order valence-corrected chi connectivity index (χ3v) is 4.63. The number of aliphatic hydroxyl groups is 1. The summed E-state index contributed by atoms with van der Waals surface area (Å²) in [4.78, 5) is 14.3. The second kappa shape index (κ2) is 7.87. The average Bonchev–Trinajstić information content (AvgIpc) is 3.45. The molecule has 1 amide bonds. The number of aryl methyl sites for hydroxylation is 2. The van der Waals surface area contributed by atoms with Gasteiger partial charge in [-0.05, 0) is 61.6 Å². The van der Waals surface area contributed by atoms with Gasteiger partial charge in [0.15, 0.2) is 6.61 Å². The van der Waals surface area contributed by atoms with Crippen LogP contribution in [0.25, 0.3) is 0 Å². The number of nitrogens with zero attached hydrogens (tertiary/aromatic N) is 1. The molecule has 0 bridgehead atoms. The Balaban J connectivity index is 1.63. The van der Waals surface area contributed by atoms with E-state index in [0.717, 1.165) is 24.0 Å². The zero-order valence-corrected chi connectivity index (χ0v) is 15.1. The number of hydrogen-bond donors (Lipinski definition) is 1. The Kier molecular flexibility index (Phi) is 5.57. The predicted molar refractivity (Wildman–Crippen MR) is 97.5 cm³/mol. The molecule has 1 aliphatic carbocycles. The average molecular weight is 357 g/mol. The highest BCUT2D eigenvalue weighted by Crippen LogP contribution is 2.29. The summed E-state index contributed by atoms with van der Waals surface area (Å²) < 4.78 is 18.8. The summed E-state index contributed by atoms with van der Waals surface area (Å²) in [6.07, 6.45) is 1.03. The molecule has 0 radical (unpaired) electrons. The molecule has 3 rings (SSSR count). The first-order valence-electron chi connectivity index (χ1n) is 8.87. The summed E-state index contributed by atoms with van der Waals surface area (Å²) in [5, 5.41) is 10.4. The molecule has 4 nitrogen and oxygen atoms in total. The van der Waals surface area contributed by atoms with E-state index in [-0.39, 0.29) is 30.9 Å². The molecule has 1 saturated carbocycles. The molecule has 2 aromatic carbocycles. The number of amides is 1. The molecule has 0 aromatic heterocycles. The van der Waals surface area contributed by atoms with Gasteiger partial charge in [-0.25, -0.2) is 4.39 Å². The van der Waals surface area contributed by atoms with Crippen LogP contribution in [0.3, 0.4) is 0 Å².